The molecule has 0 radical (unpaired) electrons. The quantitative estimate of drug-likeness (QED) is 0.796. The molecular weight excluding hydrogens is 234 g/mol. The molecule has 1 heterocycles. The first-order valence-corrected chi connectivity index (χ1v) is 7.49. The Morgan fingerprint density at radius 3 is 2.32 bits per heavy atom. The van der Waals surface area contributed by atoms with Gasteiger partial charge in [-0.25, -0.2) is 0 Å². The van der Waals surface area contributed by atoms with Gasteiger partial charge in [0.05, 0.1) is 0 Å². The number of hydrogen-bond acceptors (Lipinski definition) is 1. The molecule has 1 aliphatic heterocycles. The maximum Gasteiger partial charge on any atom is 0.226 e. The molecule has 1 amide bonds. The lowest BCUT2D eigenvalue weighted by Crippen LogP contribution is -2.43. The number of piperidine rings is 1. The molecule has 2 heteroatoms. The summed E-state index contributed by atoms with van der Waals surface area (Å²) in [5.74, 6) is 2.43. The molecule has 0 spiro atoms. The summed E-state index contributed by atoms with van der Waals surface area (Å²) in [6, 6.07) is 10.5. The van der Waals surface area contributed by atoms with Crippen LogP contribution in [0.2, 0.25) is 0 Å². The Morgan fingerprint density at radius 1 is 1.05 bits per heavy atom. The van der Waals surface area contributed by atoms with Gasteiger partial charge in [-0.3, -0.25) is 4.79 Å². The van der Waals surface area contributed by atoms with E-state index in [-0.39, 0.29) is 5.92 Å². The highest BCUT2D eigenvalue weighted by Crippen LogP contribution is 2.48. The Morgan fingerprint density at radius 2 is 1.68 bits per heavy atom. The molecule has 4 atom stereocenters. The van der Waals surface area contributed by atoms with Crippen molar-refractivity contribution in [1.29, 1.82) is 0 Å². The monoisotopic (exact) mass is 257 g/mol. The second-order valence-corrected chi connectivity index (χ2v) is 6.55. The number of hydrogen-bond donors (Lipinski definition) is 0. The Hall–Kier alpha value is -1.31. The van der Waals surface area contributed by atoms with Crippen molar-refractivity contribution in [3.63, 3.8) is 0 Å². The van der Waals surface area contributed by atoms with E-state index in [4.69, 9.17) is 0 Å². The van der Waals surface area contributed by atoms with Crippen molar-refractivity contribution in [3.05, 3.63) is 35.9 Å². The largest absolute Gasteiger partial charge is 0.342 e. The zero-order chi connectivity index (χ0) is 13.4. The predicted molar refractivity (Wildman–Crippen MR) is 76.8 cm³/mol. The number of amides is 1. The first-order chi connectivity index (χ1) is 9.15. The van der Waals surface area contributed by atoms with Crippen molar-refractivity contribution in [3.8, 4) is 0 Å². The van der Waals surface area contributed by atoms with Gasteiger partial charge in [0.2, 0.25) is 5.91 Å². The second kappa shape index (κ2) is 4.99. The average Bonchev–Trinajstić information content (AvgIpc) is 3.18. The van der Waals surface area contributed by atoms with Crippen LogP contribution in [0.15, 0.2) is 30.3 Å². The minimum absolute atomic E-state index is 0.250. The SMILES string of the molecule is C[C@@H]1C[C@@H](C)CN(C(=O)[C@@H]2C[C@@H]2c2ccccc2)C1. The fourth-order valence-corrected chi connectivity index (χ4v) is 3.61. The first-order valence-electron chi connectivity index (χ1n) is 7.49. The zero-order valence-electron chi connectivity index (χ0n) is 11.9. The maximum absolute atomic E-state index is 12.6. The van der Waals surface area contributed by atoms with Gasteiger partial charge in [0, 0.05) is 19.0 Å². The minimum Gasteiger partial charge on any atom is -0.342 e. The Labute approximate surface area is 115 Å². The van der Waals surface area contributed by atoms with E-state index in [2.05, 4.69) is 43.0 Å². The smallest absolute Gasteiger partial charge is 0.226 e. The number of likely N-dealkylation sites (tertiary alicyclic amines) is 1. The minimum atomic E-state index is 0.250. The Kier molecular flexibility index (Phi) is 3.34. The maximum atomic E-state index is 12.6. The molecule has 1 aliphatic carbocycles. The van der Waals surface area contributed by atoms with E-state index in [1.807, 2.05) is 6.07 Å². The summed E-state index contributed by atoms with van der Waals surface area (Å²) in [6.45, 7) is 6.44. The van der Waals surface area contributed by atoms with Crippen LogP contribution in [0.3, 0.4) is 0 Å². The standard InChI is InChI=1S/C17H23NO/c1-12-8-13(2)11-18(10-12)17(19)16-9-15(16)14-6-4-3-5-7-14/h3-7,12-13,15-16H,8-11H2,1-2H3/t12-,13-,15-,16-/m1/s1. The highest BCUT2D eigenvalue weighted by Gasteiger charge is 2.46. The van der Waals surface area contributed by atoms with Crippen molar-refractivity contribution >= 4 is 5.91 Å². The third-order valence-electron chi connectivity index (χ3n) is 4.52. The fraction of sp³-hybridized carbons (Fsp3) is 0.588. The lowest BCUT2D eigenvalue weighted by molar-refractivity contribution is -0.135. The van der Waals surface area contributed by atoms with Gasteiger partial charge < -0.3 is 4.90 Å². The summed E-state index contributed by atoms with van der Waals surface area (Å²) >= 11 is 0. The van der Waals surface area contributed by atoms with Crippen molar-refractivity contribution in [1.82, 2.24) is 4.90 Å². The van der Waals surface area contributed by atoms with E-state index in [0.29, 0.717) is 23.7 Å². The summed E-state index contributed by atoms with van der Waals surface area (Å²) in [4.78, 5) is 14.7. The molecule has 2 nitrogen and oxygen atoms in total. The lowest BCUT2D eigenvalue weighted by atomic mass is 9.91. The summed E-state index contributed by atoms with van der Waals surface area (Å²) in [6.07, 6.45) is 2.30. The van der Waals surface area contributed by atoms with Crippen LogP contribution in [-0.4, -0.2) is 23.9 Å². The van der Waals surface area contributed by atoms with Gasteiger partial charge >= 0.3 is 0 Å². The van der Waals surface area contributed by atoms with E-state index in [1.54, 1.807) is 0 Å². The van der Waals surface area contributed by atoms with E-state index >= 15 is 0 Å². The van der Waals surface area contributed by atoms with Crippen LogP contribution >= 0.6 is 0 Å². The second-order valence-electron chi connectivity index (χ2n) is 6.55. The molecule has 0 aromatic heterocycles. The lowest BCUT2D eigenvalue weighted by Gasteiger charge is -2.35. The molecule has 2 fully saturated rings. The molecular formula is C17H23NO. The van der Waals surface area contributed by atoms with Gasteiger partial charge in [0.1, 0.15) is 0 Å². The van der Waals surface area contributed by atoms with Crippen LogP contribution in [0.25, 0.3) is 0 Å². The molecule has 0 bridgehead atoms. The van der Waals surface area contributed by atoms with Gasteiger partial charge in [0.25, 0.3) is 0 Å². The molecule has 3 rings (SSSR count). The number of carbonyl (C=O) groups is 1. The highest BCUT2D eigenvalue weighted by atomic mass is 16.2. The van der Waals surface area contributed by atoms with Crippen LogP contribution in [0.5, 0.6) is 0 Å². The van der Waals surface area contributed by atoms with E-state index in [1.165, 1.54) is 12.0 Å². The van der Waals surface area contributed by atoms with Crippen molar-refractivity contribution in [2.75, 3.05) is 13.1 Å². The van der Waals surface area contributed by atoms with Crippen LogP contribution in [0, 0.1) is 17.8 Å². The topological polar surface area (TPSA) is 20.3 Å². The van der Waals surface area contributed by atoms with Crippen molar-refractivity contribution < 1.29 is 4.79 Å². The molecule has 2 aliphatic rings. The van der Waals surface area contributed by atoms with Gasteiger partial charge in [-0.15, -0.1) is 0 Å². The predicted octanol–water partition coefficient (Wildman–Crippen LogP) is 3.29. The summed E-state index contributed by atoms with van der Waals surface area (Å²) in [5.41, 5.74) is 1.33. The summed E-state index contributed by atoms with van der Waals surface area (Å²) in [7, 11) is 0. The van der Waals surface area contributed by atoms with Crippen LogP contribution < -0.4 is 0 Å². The zero-order valence-corrected chi connectivity index (χ0v) is 11.9. The van der Waals surface area contributed by atoms with Crippen LogP contribution in [0.1, 0.15) is 38.2 Å². The number of nitrogens with zero attached hydrogens (tertiary/aromatic N) is 1. The first kappa shape index (κ1) is 12.7. The molecule has 0 unspecified atom stereocenters. The molecule has 1 aromatic carbocycles. The number of carbonyl (C=O) groups excluding carboxylic acids is 1. The molecule has 1 aromatic rings. The molecule has 19 heavy (non-hydrogen) atoms. The van der Waals surface area contributed by atoms with Crippen LogP contribution in [-0.2, 0) is 4.79 Å². The van der Waals surface area contributed by atoms with Crippen molar-refractivity contribution in [2.24, 2.45) is 17.8 Å². The van der Waals surface area contributed by atoms with E-state index in [9.17, 15) is 4.79 Å². The van der Waals surface area contributed by atoms with E-state index in [0.717, 1.165) is 19.5 Å². The summed E-state index contributed by atoms with van der Waals surface area (Å²) < 4.78 is 0. The third-order valence-corrected chi connectivity index (χ3v) is 4.52. The normalized spacial score (nSPS) is 34.1. The number of benzene rings is 1. The van der Waals surface area contributed by atoms with Crippen molar-refractivity contribution in [2.45, 2.75) is 32.6 Å². The molecule has 1 saturated carbocycles. The summed E-state index contributed by atoms with van der Waals surface area (Å²) in [5, 5.41) is 0. The van der Waals surface area contributed by atoms with Gasteiger partial charge in [0.15, 0.2) is 0 Å². The third kappa shape index (κ3) is 2.68. The highest BCUT2D eigenvalue weighted by molar-refractivity contribution is 5.83. The Balaban J connectivity index is 1.63. The average molecular weight is 257 g/mol. The fourth-order valence-electron chi connectivity index (χ4n) is 3.61. The molecule has 0 N–H and O–H groups in total. The molecule has 102 valence electrons. The van der Waals surface area contributed by atoms with E-state index < -0.39 is 0 Å². The van der Waals surface area contributed by atoms with Gasteiger partial charge in [-0.1, -0.05) is 44.2 Å². The van der Waals surface area contributed by atoms with Crippen LogP contribution in [0.4, 0.5) is 0 Å². The van der Waals surface area contributed by atoms with Gasteiger partial charge in [-0.05, 0) is 36.2 Å². The Bertz CT molecular complexity index is 446. The number of rotatable bonds is 2. The molecule has 1 saturated heterocycles. The van der Waals surface area contributed by atoms with Gasteiger partial charge in [-0.2, -0.15) is 0 Å².